The highest BCUT2D eigenvalue weighted by Crippen LogP contribution is 2.23. The van der Waals surface area contributed by atoms with Crippen LogP contribution in [0.3, 0.4) is 0 Å². The standard InChI is InChI=1S/C10H12ClFN2/c1-6(2)10(14-13)7-3-4-8(11)9(12)5-7/h3-5,10,14H,1,13H2,2H3. The predicted molar refractivity (Wildman–Crippen MR) is 56.3 cm³/mol. The van der Waals surface area contributed by atoms with E-state index < -0.39 is 5.82 Å². The van der Waals surface area contributed by atoms with Crippen LogP contribution in [0.15, 0.2) is 30.4 Å². The monoisotopic (exact) mass is 214 g/mol. The van der Waals surface area contributed by atoms with Gasteiger partial charge in [0.25, 0.3) is 0 Å². The van der Waals surface area contributed by atoms with E-state index in [1.54, 1.807) is 6.07 Å². The second kappa shape index (κ2) is 4.55. The van der Waals surface area contributed by atoms with Crippen LogP contribution in [-0.2, 0) is 0 Å². The molecule has 0 saturated heterocycles. The maximum absolute atomic E-state index is 13.1. The Bertz CT molecular complexity index is 352. The Kier molecular flexibility index (Phi) is 3.63. The summed E-state index contributed by atoms with van der Waals surface area (Å²) in [6.07, 6.45) is 0. The van der Waals surface area contributed by atoms with Crippen molar-refractivity contribution in [2.75, 3.05) is 0 Å². The minimum atomic E-state index is -0.453. The molecule has 0 saturated carbocycles. The Morgan fingerprint density at radius 1 is 1.64 bits per heavy atom. The van der Waals surface area contributed by atoms with E-state index in [1.807, 2.05) is 6.92 Å². The molecule has 0 aliphatic heterocycles. The lowest BCUT2D eigenvalue weighted by atomic mass is 10.0. The van der Waals surface area contributed by atoms with Crippen LogP contribution in [0.1, 0.15) is 18.5 Å². The molecular weight excluding hydrogens is 203 g/mol. The van der Waals surface area contributed by atoms with Crippen LogP contribution in [0.5, 0.6) is 0 Å². The summed E-state index contributed by atoms with van der Waals surface area (Å²) >= 11 is 5.56. The van der Waals surface area contributed by atoms with Crippen LogP contribution in [0.4, 0.5) is 4.39 Å². The molecule has 1 unspecified atom stereocenters. The highest BCUT2D eigenvalue weighted by atomic mass is 35.5. The average molecular weight is 215 g/mol. The summed E-state index contributed by atoms with van der Waals surface area (Å²) in [6, 6.07) is 4.31. The topological polar surface area (TPSA) is 38.0 Å². The lowest BCUT2D eigenvalue weighted by molar-refractivity contribution is 0.601. The zero-order valence-electron chi connectivity index (χ0n) is 7.85. The van der Waals surface area contributed by atoms with Gasteiger partial charge in [0.05, 0.1) is 11.1 Å². The van der Waals surface area contributed by atoms with E-state index in [0.29, 0.717) is 5.56 Å². The Morgan fingerprint density at radius 2 is 2.29 bits per heavy atom. The minimum Gasteiger partial charge on any atom is -0.271 e. The Labute approximate surface area is 87.5 Å². The molecule has 0 fully saturated rings. The zero-order chi connectivity index (χ0) is 10.7. The van der Waals surface area contributed by atoms with Crippen molar-refractivity contribution >= 4 is 11.6 Å². The van der Waals surface area contributed by atoms with Crippen molar-refractivity contribution in [2.24, 2.45) is 5.84 Å². The van der Waals surface area contributed by atoms with E-state index in [4.69, 9.17) is 17.4 Å². The summed E-state index contributed by atoms with van der Waals surface area (Å²) in [5.74, 6) is 4.87. The second-order valence-corrected chi connectivity index (χ2v) is 3.53. The molecule has 3 N–H and O–H groups in total. The number of hydrogen-bond acceptors (Lipinski definition) is 2. The summed E-state index contributed by atoms with van der Waals surface area (Å²) in [4.78, 5) is 0. The predicted octanol–water partition coefficient (Wildman–Crippen LogP) is 2.56. The van der Waals surface area contributed by atoms with Gasteiger partial charge in [-0.15, -0.1) is 0 Å². The normalized spacial score (nSPS) is 12.6. The Hall–Kier alpha value is -0.900. The van der Waals surface area contributed by atoms with E-state index in [9.17, 15) is 4.39 Å². The maximum atomic E-state index is 13.1. The number of halogens is 2. The first-order chi connectivity index (χ1) is 6.56. The molecule has 14 heavy (non-hydrogen) atoms. The van der Waals surface area contributed by atoms with Gasteiger partial charge in [0, 0.05) is 0 Å². The van der Waals surface area contributed by atoms with Crippen LogP contribution < -0.4 is 11.3 Å². The highest BCUT2D eigenvalue weighted by molar-refractivity contribution is 6.30. The number of nitrogens with one attached hydrogen (secondary N) is 1. The molecule has 2 nitrogen and oxygen atoms in total. The number of nitrogens with two attached hydrogens (primary N) is 1. The van der Waals surface area contributed by atoms with Gasteiger partial charge in [-0.25, -0.2) is 9.82 Å². The molecule has 0 aromatic heterocycles. The third-order valence-electron chi connectivity index (χ3n) is 1.94. The molecule has 1 rings (SSSR count). The van der Waals surface area contributed by atoms with Gasteiger partial charge in [-0.2, -0.15) is 0 Å². The van der Waals surface area contributed by atoms with Crippen molar-refractivity contribution < 1.29 is 4.39 Å². The largest absolute Gasteiger partial charge is 0.271 e. The lowest BCUT2D eigenvalue weighted by Gasteiger charge is -2.16. The molecule has 0 radical (unpaired) electrons. The fourth-order valence-corrected chi connectivity index (χ4v) is 1.33. The van der Waals surface area contributed by atoms with E-state index in [-0.39, 0.29) is 11.1 Å². The summed E-state index contributed by atoms with van der Waals surface area (Å²) < 4.78 is 13.1. The second-order valence-electron chi connectivity index (χ2n) is 3.12. The Morgan fingerprint density at radius 3 is 2.71 bits per heavy atom. The molecular formula is C10H12ClFN2. The third-order valence-corrected chi connectivity index (χ3v) is 2.24. The van der Waals surface area contributed by atoms with Gasteiger partial charge in [-0.3, -0.25) is 5.84 Å². The number of hydrogen-bond donors (Lipinski definition) is 2. The van der Waals surface area contributed by atoms with Gasteiger partial charge in [0.15, 0.2) is 0 Å². The van der Waals surface area contributed by atoms with Gasteiger partial charge in [-0.05, 0) is 24.6 Å². The number of rotatable bonds is 3. The molecule has 0 heterocycles. The number of benzene rings is 1. The molecule has 1 aromatic rings. The fourth-order valence-electron chi connectivity index (χ4n) is 1.21. The first kappa shape index (κ1) is 11.2. The molecule has 0 aliphatic rings. The SMILES string of the molecule is C=C(C)C(NN)c1ccc(Cl)c(F)c1. The zero-order valence-corrected chi connectivity index (χ0v) is 8.61. The number of hydrazine groups is 1. The third kappa shape index (κ3) is 2.32. The van der Waals surface area contributed by atoms with Gasteiger partial charge in [0.1, 0.15) is 5.82 Å². The lowest BCUT2D eigenvalue weighted by Crippen LogP contribution is -2.28. The van der Waals surface area contributed by atoms with E-state index in [1.165, 1.54) is 12.1 Å². The van der Waals surface area contributed by atoms with Crippen LogP contribution in [0.25, 0.3) is 0 Å². The van der Waals surface area contributed by atoms with Crippen LogP contribution in [0.2, 0.25) is 5.02 Å². The minimum absolute atomic E-state index is 0.103. The van der Waals surface area contributed by atoms with Gasteiger partial charge >= 0.3 is 0 Å². The van der Waals surface area contributed by atoms with Crippen molar-refractivity contribution in [3.05, 3.63) is 46.8 Å². The average Bonchev–Trinajstić information content (AvgIpc) is 2.11. The molecule has 76 valence electrons. The molecule has 0 amide bonds. The highest BCUT2D eigenvalue weighted by Gasteiger charge is 2.11. The maximum Gasteiger partial charge on any atom is 0.142 e. The van der Waals surface area contributed by atoms with Crippen molar-refractivity contribution in [3.63, 3.8) is 0 Å². The summed E-state index contributed by atoms with van der Waals surface area (Å²) in [7, 11) is 0. The van der Waals surface area contributed by atoms with Crippen molar-refractivity contribution in [2.45, 2.75) is 13.0 Å². The van der Waals surface area contributed by atoms with Crippen molar-refractivity contribution in [1.82, 2.24) is 5.43 Å². The molecule has 4 heteroatoms. The molecule has 0 bridgehead atoms. The fraction of sp³-hybridized carbons (Fsp3) is 0.200. The Balaban J connectivity index is 3.06. The first-order valence-corrected chi connectivity index (χ1v) is 4.50. The molecule has 0 aliphatic carbocycles. The van der Waals surface area contributed by atoms with Crippen LogP contribution >= 0.6 is 11.6 Å². The molecule has 1 aromatic carbocycles. The van der Waals surface area contributed by atoms with E-state index in [2.05, 4.69) is 12.0 Å². The smallest absolute Gasteiger partial charge is 0.142 e. The molecule has 1 atom stereocenters. The van der Waals surface area contributed by atoms with Crippen molar-refractivity contribution in [3.8, 4) is 0 Å². The molecule has 0 spiro atoms. The van der Waals surface area contributed by atoms with Gasteiger partial charge in [0.2, 0.25) is 0 Å². The van der Waals surface area contributed by atoms with Gasteiger partial charge in [-0.1, -0.05) is 29.8 Å². The summed E-state index contributed by atoms with van der Waals surface area (Å²) in [5.41, 5.74) is 4.08. The quantitative estimate of drug-likeness (QED) is 0.461. The van der Waals surface area contributed by atoms with E-state index in [0.717, 1.165) is 5.57 Å². The van der Waals surface area contributed by atoms with Crippen LogP contribution in [0, 0.1) is 5.82 Å². The van der Waals surface area contributed by atoms with Gasteiger partial charge < -0.3 is 0 Å². The summed E-state index contributed by atoms with van der Waals surface area (Å²) in [6.45, 7) is 5.57. The summed E-state index contributed by atoms with van der Waals surface area (Å²) in [5, 5.41) is 0.103. The van der Waals surface area contributed by atoms with Crippen LogP contribution in [-0.4, -0.2) is 0 Å². The van der Waals surface area contributed by atoms with E-state index >= 15 is 0 Å². The van der Waals surface area contributed by atoms with Crippen molar-refractivity contribution in [1.29, 1.82) is 0 Å². The first-order valence-electron chi connectivity index (χ1n) is 4.12.